The van der Waals surface area contributed by atoms with E-state index in [1.54, 1.807) is 0 Å². The van der Waals surface area contributed by atoms with Crippen LogP contribution in [0.2, 0.25) is 0 Å². The van der Waals surface area contributed by atoms with Gasteiger partial charge in [-0.25, -0.2) is 0 Å². The number of halogens is 2. The Balaban J connectivity index is 0. The monoisotopic (exact) mass is 328 g/mol. The van der Waals surface area contributed by atoms with E-state index in [-0.39, 0.29) is 51.0 Å². The van der Waals surface area contributed by atoms with Crippen LogP contribution in [0.25, 0.3) is 5.32 Å². The Hall–Kier alpha value is -0.297. The number of rotatable bonds is 2. The van der Waals surface area contributed by atoms with Crippen LogP contribution in [0.15, 0.2) is 60.7 Å². The van der Waals surface area contributed by atoms with E-state index in [4.69, 9.17) is 0 Å². The molecule has 0 saturated heterocycles. The largest absolute Gasteiger partial charge is 3.00 e. The van der Waals surface area contributed by atoms with Crippen LogP contribution in [0, 0.1) is 0 Å². The number of para-hydroxylation sites is 2. The van der Waals surface area contributed by atoms with Crippen LogP contribution in [0.4, 0.5) is 11.4 Å². The molecule has 0 spiro atoms. The quantitative estimate of drug-likeness (QED) is 0.607. The molecule has 0 unspecified atom stereocenters. The Morgan fingerprint density at radius 2 is 0.875 bits per heavy atom. The van der Waals surface area contributed by atoms with Crippen LogP contribution >= 0.6 is 0 Å². The van der Waals surface area contributed by atoms with Crippen molar-refractivity contribution in [3.05, 3.63) is 66.0 Å². The molecule has 4 heteroatoms. The third-order valence-corrected chi connectivity index (χ3v) is 1.77. The van der Waals surface area contributed by atoms with Gasteiger partial charge in [0.15, 0.2) is 0 Å². The molecule has 0 heterocycles. The van der Waals surface area contributed by atoms with Gasteiger partial charge in [-0.3, -0.25) is 0 Å². The second kappa shape index (κ2) is 9.90. The zero-order chi connectivity index (χ0) is 8.93. The van der Waals surface area contributed by atoms with E-state index in [2.05, 4.69) is 5.32 Å². The van der Waals surface area contributed by atoms with Gasteiger partial charge in [-0.05, 0) is 0 Å². The van der Waals surface area contributed by atoms with Gasteiger partial charge in [0.25, 0.3) is 0 Å². The molecule has 0 aliphatic heterocycles. The average Bonchev–Trinajstić information content (AvgIpc) is 2.21. The maximum absolute atomic E-state index is 4.44. The molecule has 0 amide bonds. The van der Waals surface area contributed by atoms with Gasteiger partial charge in [0.1, 0.15) is 0 Å². The minimum absolute atomic E-state index is 0. The molecule has 81 valence electrons. The molecular weight excluding hydrogens is 320 g/mol. The smallest absolute Gasteiger partial charge is 1.00 e. The maximum Gasteiger partial charge on any atom is 3.00 e. The van der Waals surface area contributed by atoms with Crippen molar-refractivity contribution in [2.75, 3.05) is 0 Å². The summed E-state index contributed by atoms with van der Waals surface area (Å²) in [5, 5.41) is 4.44. The fraction of sp³-hybridized carbons (Fsp3) is 0. The minimum atomic E-state index is 0. The van der Waals surface area contributed by atoms with Crippen molar-refractivity contribution in [3.63, 3.8) is 0 Å². The standard InChI is InChI=1S/C12H10N.2ClH.Zr/c1-3-7-11(8-4-1)13-12-9-5-2-6-10-12;;;/h1-10H;2*1H;/q-1;;;+3/p-2. The molecule has 2 rings (SSSR count). The summed E-state index contributed by atoms with van der Waals surface area (Å²) < 4.78 is 0. The Morgan fingerprint density at radius 1 is 0.562 bits per heavy atom. The first-order valence-corrected chi connectivity index (χ1v) is 4.27. The van der Waals surface area contributed by atoms with E-state index in [0.717, 1.165) is 11.4 Å². The van der Waals surface area contributed by atoms with Gasteiger partial charge < -0.3 is 30.1 Å². The molecule has 16 heavy (non-hydrogen) atoms. The van der Waals surface area contributed by atoms with Crippen molar-refractivity contribution < 1.29 is 51.0 Å². The molecule has 0 saturated carbocycles. The van der Waals surface area contributed by atoms with Crippen LogP contribution in [0.5, 0.6) is 0 Å². The van der Waals surface area contributed by atoms with Gasteiger partial charge >= 0.3 is 26.2 Å². The first kappa shape index (κ1) is 18.1. The average molecular weight is 330 g/mol. The Bertz CT molecular complexity index is 330. The van der Waals surface area contributed by atoms with E-state index >= 15 is 0 Å². The predicted octanol–water partition coefficient (Wildman–Crippen LogP) is -1.97. The minimum Gasteiger partial charge on any atom is -1.00 e. The van der Waals surface area contributed by atoms with Crippen LogP contribution in [-0.2, 0) is 26.2 Å². The van der Waals surface area contributed by atoms with Crippen molar-refractivity contribution >= 4 is 11.4 Å². The van der Waals surface area contributed by atoms with Gasteiger partial charge in [0.05, 0.1) is 0 Å². The molecule has 0 aliphatic rings. The van der Waals surface area contributed by atoms with E-state index in [1.807, 2.05) is 60.7 Å². The SMILES string of the molecule is [Cl-].[Cl-].[Zr+3].c1ccc([N-]c2ccccc2)cc1. The fourth-order valence-corrected chi connectivity index (χ4v) is 1.15. The van der Waals surface area contributed by atoms with Crippen LogP contribution in [0.3, 0.4) is 0 Å². The van der Waals surface area contributed by atoms with Crippen LogP contribution < -0.4 is 24.8 Å². The fourth-order valence-electron chi connectivity index (χ4n) is 1.15. The summed E-state index contributed by atoms with van der Waals surface area (Å²) in [5.41, 5.74) is 1.99. The van der Waals surface area contributed by atoms with Crippen LogP contribution in [0.1, 0.15) is 0 Å². The van der Waals surface area contributed by atoms with Gasteiger partial charge in [-0.2, -0.15) is 0 Å². The first-order chi connectivity index (χ1) is 6.45. The van der Waals surface area contributed by atoms with E-state index in [9.17, 15) is 0 Å². The van der Waals surface area contributed by atoms with Crippen molar-refractivity contribution in [2.45, 2.75) is 0 Å². The molecule has 0 fully saturated rings. The summed E-state index contributed by atoms with van der Waals surface area (Å²) in [7, 11) is 0. The Morgan fingerprint density at radius 3 is 1.19 bits per heavy atom. The molecule has 2 aromatic rings. The summed E-state index contributed by atoms with van der Waals surface area (Å²) >= 11 is 0. The summed E-state index contributed by atoms with van der Waals surface area (Å²) in [6.45, 7) is 0. The molecule has 0 atom stereocenters. The molecule has 0 N–H and O–H groups in total. The van der Waals surface area contributed by atoms with E-state index in [1.165, 1.54) is 0 Å². The molecule has 0 bridgehead atoms. The molecule has 0 aromatic heterocycles. The zero-order valence-electron chi connectivity index (χ0n) is 8.48. The number of benzene rings is 2. The summed E-state index contributed by atoms with van der Waals surface area (Å²) in [6, 6.07) is 19.9. The molecular formula is C12H10Cl2NZr. The van der Waals surface area contributed by atoms with E-state index < -0.39 is 0 Å². The molecule has 2 aromatic carbocycles. The number of hydrogen-bond donors (Lipinski definition) is 0. The molecule has 1 nitrogen and oxygen atoms in total. The third-order valence-electron chi connectivity index (χ3n) is 1.77. The van der Waals surface area contributed by atoms with Gasteiger partial charge in [-0.15, -0.1) is 11.4 Å². The van der Waals surface area contributed by atoms with Crippen molar-refractivity contribution in [2.24, 2.45) is 0 Å². The van der Waals surface area contributed by atoms with E-state index in [0.29, 0.717) is 0 Å². The predicted molar refractivity (Wildman–Crippen MR) is 55.6 cm³/mol. The second-order valence-electron chi connectivity index (χ2n) is 2.78. The van der Waals surface area contributed by atoms with Crippen molar-refractivity contribution in [3.8, 4) is 0 Å². The maximum atomic E-state index is 4.44. The summed E-state index contributed by atoms with van der Waals surface area (Å²) in [6.07, 6.45) is 0. The number of nitrogens with zero attached hydrogens (tertiary/aromatic N) is 1. The third kappa shape index (κ3) is 5.70. The van der Waals surface area contributed by atoms with Gasteiger partial charge in [0, 0.05) is 0 Å². The second-order valence-corrected chi connectivity index (χ2v) is 2.78. The van der Waals surface area contributed by atoms with Crippen molar-refractivity contribution in [1.82, 2.24) is 0 Å². The first-order valence-electron chi connectivity index (χ1n) is 4.27. The summed E-state index contributed by atoms with van der Waals surface area (Å²) in [4.78, 5) is 0. The van der Waals surface area contributed by atoms with Gasteiger partial charge in [-0.1, -0.05) is 60.7 Å². The van der Waals surface area contributed by atoms with Gasteiger partial charge in [0.2, 0.25) is 0 Å². The summed E-state index contributed by atoms with van der Waals surface area (Å²) in [5.74, 6) is 0. The van der Waals surface area contributed by atoms with Crippen molar-refractivity contribution in [1.29, 1.82) is 0 Å². The Labute approximate surface area is 128 Å². The molecule has 1 radical (unpaired) electrons. The zero-order valence-corrected chi connectivity index (χ0v) is 12.4. The van der Waals surface area contributed by atoms with Crippen LogP contribution in [-0.4, -0.2) is 0 Å². The Kier molecular flexibility index (Phi) is 11.2. The topological polar surface area (TPSA) is 14.1 Å². The normalized spacial score (nSPS) is 7.75. The number of hydrogen-bond acceptors (Lipinski definition) is 0. The molecule has 0 aliphatic carbocycles.